The number of hydrogen-bond acceptors (Lipinski definition) is 4. The fourth-order valence-electron chi connectivity index (χ4n) is 2.19. The zero-order chi connectivity index (χ0) is 18.6. The fraction of sp³-hybridized carbons (Fsp3) is 0.222. The summed E-state index contributed by atoms with van der Waals surface area (Å²) < 4.78 is 16.7. The lowest BCUT2D eigenvalue weighted by Gasteiger charge is -2.14. The van der Waals surface area contributed by atoms with Crippen LogP contribution in [0.3, 0.4) is 0 Å². The molecule has 7 heteroatoms. The summed E-state index contributed by atoms with van der Waals surface area (Å²) in [6, 6.07) is 11.4. The molecule has 132 valence electrons. The number of hydrogen-bond donors (Lipinski definition) is 1. The minimum atomic E-state index is -1.10. The topological polar surface area (TPSA) is 75.7 Å². The highest BCUT2D eigenvalue weighted by atomic mass is 32.2. The molecule has 0 aliphatic rings. The third kappa shape index (κ3) is 4.45. The largest absolute Gasteiger partial charge is 0.495 e. The molecule has 0 heterocycles. The Balaban J connectivity index is 2.28. The minimum absolute atomic E-state index is 0.173. The summed E-state index contributed by atoms with van der Waals surface area (Å²) in [4.78, 5) is 26.6. The molecule has 1 atom stereocenters. The van der Waals surface area contributed by atoms with Gasteiger partial charge in [0.2, 0.25) is 0 Å². The molecule has 0 saturated carbocycles. The molecule has 2 rings (SSSR count). The van der Waals surface area contributed by atoms with Crippen LogP contribution in [0, 0.1) is 0 Å². The number of carbonyl (C=O) groups excluding carboxylic acids is 2. The van der Waals surface area contributed by atoms with Crippen LogP contribution in [-0.2, 0) is 10.8 Å². The number of anilines is 1. The van der Waals surface area contributed by atoms with Gasteiger partial charge in [-0.25, -0.2) is 0 Å². The maximum atomic E-state index is 12.4. The van der Waals surface area contributed by atoms with Crippen molar-refractivity contribution in [3.05, 3.63) is 53.6 Å². The number of amides is 2. The predicted molar refractivity (Wildman–Crippen MR) is 97.7 cm³/mol. The molecule has 25 heavy (non-hydrogen) atoms. The van der Waals surface area contributed by atoms with Crippen molar-refractivity contribution >= 4 is 28.3 Å². The highest BCUT2D eigenvalue weighted by molar-refractivity contribution is 7.84. The molecule has 1 N–H and O–H groups in total. The lowest BCUT2D eigenvalue weighted by atomic mass is 10.1. The number of rotatable bonds is 5. The van der Waals surface area contributed by atoms with E-state index in [0.29, 0.717) is 27.5 Å². The summed E-state index contributed by atoms with van der Waals surface area (Å²) in [6.07, 6.45) is 1.58. The maximum Gasteiger partial charge on any atom is 0.255 e. The number of nitrogens with zero attached hydrogens (tertiary/aromatic N) is 1. The van der Waals surface area contributed by atoms with Crippen molar-refractivity contribution in [3.63, 3.8) is 0 Å². The van der Waals surface area contributed by atoms with E-state index in [1.807, 2.05) is 0 Å². The third-order valence-electron chi connectivity index (χ3n) is 3.55. The van der Waals surface area contributed by atoms with Crippen LogP contribution in [0.2, 0.25) is 0 Å². The van der Waals surface area contributed by atoms with Crippen LogP contribution in [0.15, 0.2) is 47.4 Å². The van der Waals surface area contributed by atoms with Crippen LogP contribution in [0.25, 0.3) is 0 Å². The van der Waals surface area contributed by atoms with Crippen LogP contribution in [0.4, 0.5) is 5.69 Å². The first-order valence-electron chi connectivity index (χ1n) is 7.48. The molecular weight excluding hydrogens is 340 g/mol. The normalized spacial score (nSPS) is 11.5. The lowest BCUT2D eigenvalue weighted by Crippen LogP contribution is -2.22. The molecule has 2 aromatic rings. The molecule has 0 saturated heterocycles. The van der Waals surface area contributed by atoms with Crippen molar-refractivity contribution in [1.82, 2.24) is 4.90 Å². The van der Waals surface area contributed by atoms with Gasteiger partial charge in [0.25, 0.3) is 11.8 Å². The van der Waals surface area contributed by atoms with Gasteiger partial charge in [-0.15, -0.1) is 0 Å². The summed E-state index contributed by atoms with van der Waals surface area (Å²) in [5.74, 6) is -0.0657. The molecule has 2 aromatic carbocycles. The van der Waals surface area contributed by atoms with Gasteiger partial charge in [0.15, 0.2) is 0 Å². The van der Waals surface area contributed by atoms with Crippen LogP contribution in [0.1, 0.15) is 20.7 Å². The molecular formula is C18H20N2O4S. The molecule has 6 nitrogen and oxygen atoms in total. The van der Waals surface area contributed by atoms with Gasteiger partial charge < -0.3 is 15.0 Å². The average Bonchev–Trinajstić information content (AvgIpc) is 2.60. The van der Waals surface area contributed by atoms with Crippen molar-refractivity contribution in [2.75, 3.05) is 32.8 Å². The van der Waals surface area contributed by atoms with Crippen molar-refractivity contribution in [2.24, 2.45) is 0 Å². The molecule has 2 amide bonds. The quantitative estimate of drug-likeness (QED) is 0.888. The van der Waals surface area contributed by atoms with Crippen molar-refractivity contribution < 1.29 is 18.5 Å². The number of ether oxygens (including phenoxy) is 1. The molecule has 0 spiro atoms. The molecule has 0 aliphatic heterocycles. The summed E-state index contributed by atoms with van der Waals surface area (Å²) in [5.41, 5.74) is 1.27. The van der Waals surface area contributed by atoms with E-state index in [2.05, 4.69) is 5.32 Å². The second-order valence-electron chi connectivity index (χ2n) is 5.55. The van der Waals surface area contributed by atoms with Gasteiger partial charge in [-0.1, -0.05) is 0 Å². The Labute approximate surface area is 149 Å². The molecule has 1 unspecified atom stereocenters. The Morgan fingerprint density at radius 2 is 1.64 bits per heavy atom. The zero-order valence-electron chi connectivity index (χ0n) is 14.5. The Morgan fingerprint density at radius 1 is 1.04 bits per heavy atom. The first kappa shape index (κ1) is 18.7. The standard InChI is InChI=1S/C18H20N2O4S/c1-20(2)18(22)13-7-10-16(24-3)15(11-13)19-17(21)12-5-8-14(9-6-12)25(4)23/h5-11H,1-4H3,(H,19,21). The molecule has 0 radical (unpaired) electrons. The highest BCUT2D eigenvalue weighted by Crippen LogP contribution is 2.26. The number of carbonyl (C=O) groups is 2. The van der Waals surface area contributed by atoms with Gasteiger partial charge in [-0.3, -0.25) is 13.8 Å². The smallest absolute Gasteiger partial charge is 0.255 e. The van der Waals surface area contributed by atoms with E-state index in [-0.39, 0.29) is 11.8 Å². The molecule has 0 aliphatic carbocycles. The Bertz CT molecular complexity index is 816. The van der Waals surface area contributed by atoms with Crippen molar-refractivity contribution in [3.8, 4) is 5.75 Å². The van der Waals surface area contributed by atoms with E-state index < -0.39 is 10.8 Å². The van der Waals surface area contributed by atoms with Gasteiger partial charge in [0.05, 0.1) is 12.8 Å². The van der Waals surface area contributed by atoms with E-state index in [1.54, 1.807) is 62.8 Å². The molecule has 0 fully saturated rings. The number of methoxy groups -OCH3 is 1. The monoisotopic (exact) mass is 360 g/mol. The highest BCUT2D eigenvalue weighted by Gasteiger charge is 2.14. The summed E-state index contributed by atoms with van der Waals surface area (Å²) in [6.45, 7) is 0. The first-order chi connectivity index (χ1) is 11.8. The predicted octanol–water partition coefficient (Wildman–Crippen LogP) is 2.39. The fourth-order valence-corrected chi connectivity index (χ4v) is 2.71. The Hall–Kier alpha value is -2.67. The summed E-state index contributed by atoms with van der Waals surface area (Å²) in [7, 11) is 3.70. The Morgan fingerprint density at radius 3 is 2.16 bits per heavy atom. The van der Waals surface area contributed by atoms with Crippen LogP contribution < -0.4 is 10.1 Å². The third-order valence-corrected chi connectivity index (χ3v) is 4.49. The van der Waals surface area contributed by atoms with E-state index >= 15 is 0 Å². The van der Waals surface area contributed by atoms with E-state index in [9.17, 15) is 13.8 Å². The minimum Gasteiger partial charge on any atom is -0.495 e. The molecule has 0 aromatic heterocycles. The van der Waals surface area contributed by atoms with Crippen LogP contribution >= 0.6 is 0 Å². The maximum absolute atomic E-state index is 12.4. The summed E-state index contributed by atoms with van der Waals surface area (Å²) >= 11 is 0. The van der Waals surface area contributed by atoms with E-state index in [4.69, 9.17) is 4.74 Å². The second-order valence-corrected chi connectivity index (χ2v) is 6.93. The average molecular weight is 360 g/mol. The van der Waals surface area contributed by atoms with Crippen molar-refractivity contribution in [2.45, 2.75) is 4.90 Å². The zero-order valence-corrected chi connectivity index (χ0v) is 15.3. The van der Waals surface area contributed by atoms with Crippen LogP contribution in [-0.4, -0.2) is 48.4 Å². The first-order valence-corrected chi connectivity index (χ1v) is 9.04. The second kappa shape index (κ2) is 7.94. The Kier molecular flexibility index (Phi) is 5.93. The van der Waals surface area contributed by atoms with Gasteiger partial charge in [0.1, 0.15) is 5.75 Å². The van der Waals surface area contributed by atoms with E-state index in [1.165, 1.54) is 12.0 Å². The van der Waals surface area contributed by atoms with Crippen LogP contribution in [0.5, 0.6) is 5.75 Å². The van der Waals surface area contributed by atoms with Gasteiger partial charge in [0, 0.05) is 47.2 Å². The lowest BCUT2D eigenvalue weighted by molar-refractivity contribution is 0.0827. The molecule has 0 bridgehead atoms. The summed E-state index contributed by atoms with van der Waals surface area (Å²) in [5, 5.41) is 2.75. The SMILES string of the molecule is COc1ccc(C(=O)N(C)C)cc1NC(=O)c1ccc(S(C)=O)cc1. The number of benzene rings is 2. The van der Waals surface area contributed by atoms with Gasteiger partial charge >= 0.3 is 0 Å². The van der Waals surface area contributed by atoms with Gasteiger partial charge in [-0.05, 0) is 42.5 Å². The van der Waals surface area contributed by atoms with Crippen molar-refractivity contribution in [1.29, 1.82) is 0 Å². The van der Waals surface area contributed by atoms with Gasteiger partial charge in [-0.2, -0.15) is 0 Å². The van der Waals surface area contributed by atoms with E-state index in [0.717, 1.165) is 0 Å². The number of nitrogens with one attached hydrogen (secondary N) is 1.